The van der Waals surface area contributed by atoms with Crippen LogP contribution in [0.1, 0.15) is 50.5 Å². The molecule has 1 aromatic rings. The predicted octanol–water partition coefficient (Wildman–Crippen LogP) is 1.55. The molecule has 0 bridgehead atoms. The van der Waals surface area contributed by atoms with Crippen molar-refractivity contribution in [1.82, 2.24) is 19.8 Å². The molecule has 2 fully saturated rings. The number of hydrogen-bond acceptors (Lipinski definition) is 6. The molecular formula is C19H29N5O2. The van der Waals surface area contributed by atoms with Gasteiger partial charge in [0.2, 0.25) is 17.8 Å². The monoisotopic (exact) mass is 367 g/mol. The molecule has 26 heavy (non-hydrogen) atoms. The van der Waals surface area contributed by atoms with Crippen molar-refractivity contribution in [2.24, 2.45) is 5.41 Å². The number of anilines is 1. The molecule has 0 radical (unpaired) electrons. The summed E-state index contributed by atoms with van der Waals surface area (Å²) in [5.41, 5.74) is -0.407. The lowest BCUT2D eigenvalue weighted by molar-refractivity contribution is -0.152. The van der Waals surface area contributed by atoms with Crippen LogP contribution < -0.4 is 4.90 Å². The van der Waals surface area contributed by atoms with E-state index in [1.807, 2.05) is 13.8 Å². The summed E-state index contributed by atoms with van der Waals surface area (Å²) in [5, 5.41) is 0. The molecule has 0 aliphatic carbocycles. The number of hydrogen-bond donors (Lipinski definition) is 0. The van der Waals surface area contributed by atoms with Crippen molar-refractivity contribution in [3.8, 4) is 0 Å². The van der Waals surface area contributed by atoms with Crippen LogP contribution in [-0.4, -0.2) is 70.7 Å². The standard InChI is InChI=1S/C19H29N5O2/c1-19(2)14-16(25)24(17(26)15-19)9-4-3-8-22-10-12-23(13-11-22)18-20-6-5-7-21-18/h5-7H,3-4,8-15H2,1-2H3/i10D2,11D2,12D2,13D2. The number of carbonyl (C=O) groups excluding carboxylic acids is 2. The van der Waals surface area contributed by atoms with E-state index < -0.39 is 37.4 Å². The van der Waals surface area contributed by atoms with Crippen LogP contribution >= 0.6 is 0 Å². The summed E-state index contributed by atoms with van der Waals surface area (Å²) in [6, 6.07) is 1.42. The Morgan fingerprint density at radius 3 is 2.19 bits per heavy atom. The number of amides is 2. The zero-order valence-electron chi connectivity index (χ0n) is 23.0. The first-order valence-electron chi connectivity index (χ1n) is 12.7. The van der Waals surface area contributed by atoms with Crippen molar-refractivity contribution in [2.45, 2.75) is 39.5 Å². The van der Waals surface area contributed by atoms with Crippen LogP contribution in [0, 0.1) is 5.41 Å². The molecule has 0 atom stereocenters. The first kappa shape index (κ1) is 11.0. The zero-order chi connectivity index (χ0) is 25.7. The molecule has 3 rings (SSSR count). The predicted molar refractivity (Wildman–Crippen MR) is 99.7 cm³/mol. The van der Waals surface area contributed by atoms with E-state index in [2.05, 4.69) is 9.97 Å². The van der Waals surface area contributed by atoms with Crippen LogP contribution in [0.4, 0.5) is 5.95 Å². The summed E-state index contributed by atoms with van der Waals surface area (Å²) in [4.78, 5) is 34.3. The molecule has 1 aromatic heterocycles. The molecule has 2 amide bonds. The Kier molecular flexibility index (Phi) is 3.42. The topological polar surface area (TPSA) is 69.6 Å². The molecule has 7 nitrogen and oxygen atoms in total. The minimum Gasteiger partial charge on any atom is -0.338 e. The molecule has 2 aliphatic rings. The van der Waals surface area contributed by atoms with Gasteiger partial charge in [0.25, 0.3) is 0 Å². The summed E-state index contributed by atoms with van der Waals surface area (Å²) in [6.07, 6.45) is 3.26. The van der Waals surface area contributed by atoms with Crippen LogP contribution in [-0.2, 0) is 9.59 Å². The normalized spacial score (nSPS) is 33.6. The number of likely N-dealkylation sites (tertiary alicyclic amines) is 1. The maximum absolute atomic E-state index is 12.3. The molecule has 0 N–H and O–H groups in total. The average Bonchev–Trinajstić information content (AvgIpc) is 2.67. The van der Waals surface area contributed by atoms with E-state index in [0.717, 1.165) is 4.90 Å². The third kappa shape index (κ3) is 4.78. The lowest BCUT2D eigenvalue weighted by atomic mass is 9.82. The van der Waals surface area contributed by atoms with Gasteiger partial charge >= 0.3 is 0 Å². The maximum Gasteiger partial charge on any atom is 0.229 e. The van der Waals surface area contributed by atoms with Crippen LogP contribution in [0.2, 0.25) is 0 Å². The van der Waals surface area contributed by atoms with E-state index in [9.17, 15) is 9.59 Å². The molecule has 0 saturated carbocycles. The first-order valence-corrected chi connectivity index (χ1v) is 8.65. The van der Waals surface area contributed by atoms with Gasteiger partial charge in [-0.05, 0) is 30.9 Å². The SMILES string of the molecule is [2H]C1([2H])N(CCCCN2C(=O)CC(C)(C)CC2=O)C([2H])([2H])C([2H])([2H])N(c2ncccn2)C1([2H])[2H]. The third-order valence-corrected chi connectivity index (χ3v) is 4.22. The summed E-state index contributed by atoms with van der Waals surface area (Å²) < 4.78 is 67.4. The largest absolute Gasteiger partial charge is 0.338 e. The van der Waals surface area contributed by atoms with Crippen LogP contribution in [0.15, 0.2) is 18.5 Å². The highest BCUT2D eigenvalue weighted by Gasteiger charge is 2.36. The van der Waals surface area contributed by atoms with Gasteiger partial charge in [0.15, 0.2) is 0 Å². The molecule has 2 aliphatic heterocycles. The number of nitrogens with zero attached hydrogens (tertiary/aromatic N) is 5. The van der Waals surface area contributed by atoms with Gasteiger partial charge < -0.3 is 4.90 Å². The van der Waals surface area contributed by atoms with Gasteiger partial charge in [-0.15, -0.1) is 0 Å². The van der Waals surface area contributed by atoms with Gasteiger partial charge in [0.1, 0.15) is 0 Å². The van der Waals surface area contributed by atoms with E-state index in [4.69, 9.17) is 11.0 Å². The number of rotatable bonds is 6. The fraction of sp³-hybridized carbons (Fsp3) is 0.684. The highest BCUT2D eigenvalue weighted by molar-refractivity contribution is 5.98. The lowest BCUT2D eigenvalue weighted by Crippen LogP contribution is -2.48. The molecule has 3 heterocycles. The highest BCUT2D eigenvalue weighted by atomic mass is 16.2. The summed E-state index contributed by atoms with van der Waals surface area (Å²) in [5.74, 6) is -1.07. The molecular weight excluding hydrogens is 330 g/mol. The van der Waals surface area contributed by atoms with Gasteiger partial charge in [-0.25, -0.2) is 9.97 Å². The fourth-order valence-electron chi connectivity index (χ4n) is 2.90. The maximum atomic E-state index is 12.3. The van der Waals surface area contributed by atoms with Gasteiger partial charge in [0, 0.05) is 63.3 Å². The third-order valence-electron chi connectivity index (χ3n) is 4.22. The molecule has 2 saturated heterocycles. The van der Waals surface area contributed by atoms with Crippen molar-refractivity contribution < 1.29 is 20.6 Å². The average molecular weight is 368 g/mol. The Morgan fingerprint density at radius 2 is 1.58 bits per heavy atom. The van der Waals surface area contributed by atoms with Crippen molar-refractivity contribution in [3.05, 3.63) is 18.5 Å². The smallest absolute Gasteiger partial charge is 0.229 e. The Balaban J connectivity index is 1.77. The van der Waals surface area contributed by atoms with Gasteiger partial charge in [0.05, 0.1) is 5.48 Å². The Bertz CT molecular complexity index is 896. The van der Waals surface area contributed by atoms with Crippen molar-refractivity contribution in [3.63, 3.8) is 0 Å². The second kappa shape index (κ2) is 8.12. The second-order valence-corrected chi connectivity index (χ2v) is 7.15. The van der Waals surface area contributed by atoms with Gasteiger partial charge in [-0.2, -0.15) is 0 Å². The molecule has 7 heteroatoms. The minimum absolute atomic E-state index is 0.0807. The van der Waals surface area contributed by atoms with Crippen molar-refractivity contribution in [2.75, 3.05) is 44.0 Å². The van der Waals surface area contributed by atoms with Crippen LogP contribution in [0.3, 0.4) is 0 Å². The Morgan fingerprint density at radius 1 is 1.00 bits per heavy atom. The quantitative estimate of drug-likeness (QED) is 0.561. The van der Waals surface area contributed by atoms with Crippen LogP contribution in [0.5, 0.6) is 0 Å². The first-order chi connectivity index (χ1) is 15.5. The van der Waals surface area contributed by atoms with Gasteiger partial charge in [-0.3, -0.25) is 19.4 Å². The summed E-state index contributed by atoms with van der Waals surface area (Å²) in [7, 11) is 0. The van der Waals surface area contributed by atoms with E-state index in [0.29, 0.717) is 9.80 Å². The van der Waals surface area contributed by atoms with Gasteiger partial charge in [-0.1, -0.05) is 13.8 Å². The molecule has 142 valence electrons. The van der Waals surface area contributed by atoms with E-state index >= 15 is 0 Å². The number of imide groups is 1. The number of piperidine rings is 1. The molecule has 0 aromatic carbocycles. The number of aromatic nitrogens is 2. The van der Waals surface area contributed by atoms with Crippen LogP contribution in [0.25, 0.3) is 0 Å². The number of unbranched alkanes of at least 4 members (excludes halogenated alkanes) is 1. The second-order valence-electron chi connectivity index (χ2n) is 7.15. The molecule has 0 spiro atoms. The summed E-state index contributed by atoms with van der Waals surface area (Å²) >= 11 is 0. The number of piperazine rings is 1. The van der Waals surface area contributed by atoms with E-state index in [1.54, 1.807) is 0 Å². The highest BCUT2D eigenvalue weighted by Crippen LogP contribution is 2.31. The van der Waals surface area contributed by atoms with Crippen molar-refractivity contribution >= 4 is 17.8 Å². The van der Waals surface area contributed by atoms with E-state index in [-0.39, 0.29) is 50.6 Å². The number of carbonyl (C=O) groups is 2. The minimum atomic E-state index is -3.03. The van der Waals surface area contributed by atoms with Crippen molar-refractivity contribution in [1.29, 1.82) is 0 Å². The Labute approximate surface area is 166 Å². The molecule has 0 unspecified atom stereocenters. The van der Waals surface area contributed by atoms with E-state index in [1.165, 1.54) is 18.5 Å². The lowest BCUT2D eigenvalue weighted by Gasteiger charge is -2.35. The Hall–Kier alpha value is -2.02. The summed E-state index contributed by atoms with van der Waals surface area (Å²) in [6.45, 7) is -8.59. The zero-order valence-corrected chi connectivity index (χ0v) is 15.0. The fourth-order valence-corrected chi connectivity index (χ4v) is 2.90.